The van der Waals surface area contributed by atoms with E-state index in [0.717, 1.165) is 43.9 Å². The van der Waals surface area contributed by atoms with E-state index in [1.165, 1.54) is 6.42 Å². The lowest BCUT2D eigenvalue weighted by atomic mass is 9.44. The van der Waals surface area contributed by atoms with E-state index in [0.29, 0.717) is 18.3 Å². The van der Waals surface area contributed by atoms with E-state index in [2.05, 4.69) is 6.21 Å². The van der Waals surface area contributed by atoms with Gasteiger partial charge in [-0.15, -0.1) is 0 Å². The maximum absolute atomic E-state index is 9.08. The van der Waals surface area contributed by atoms with Gasteiger partial charge in [0.05, 0.1) is 5.69 Å². The Morgan fingerprint density at radius 1 is 0.964 bits per heavy atom. The average Bonchev–Trinajstić information content (AvgIpc) is 3.09. The van der Waals surface area contributed by atoms with E-state index in [9.17, 15) is 0 Å². The van der Waals surface area contributed by atoms with Gasteiger partial charge in [0.1, 0.15) is 5.54 Å². The summed E-state index contributed by atoms with van der Waals surface area (Å²) in [4.78, 5) is 0. The van der Waals surface area contributed by atoms with Crippen molar-refractivity contribution in [2.45, 2.75) is 97.1 Å². The van der Waals surface area contributed by atoms with Crippen molar-refractivity contribution in [1.29, 1.82) is 0 Å². The van der Waals surface area contributed by atoms with Crippen LogP contribution in [0.2, 0.25) is 0 Å². The van der Waals surface area contributed by atoms with Crippen molar-refractivity contribution in [3.63, 3.8) is 0 Å². The third-order valence-electron chi connectivity index (χ3n) is 8.04. The smallest absolute Gasteiger partial charge is 0.129 e. The zero-order chi connectivity index (χ0) is 31.7. The van der Waals surface area contributed by atoms with Crippen LogP contribution in [0.3, 0.4) is 0 Å². The third kappa shape index (κ3) is 2.60. The zero-order valence-electron chi connectivity index (χ0n) is 30.7. The summed E-state index contributed by atoms with van der Waals surface area (Å²) in [5.41, 5.74) is -2.75. The first kappa shape index (κ1) is 8.94. The first-order valence-electron chi connectivity index (χ1n) is 17.5. The van der Waals surface area contributed by atoms with Crippen LogP contribution in [0.4, 0.5) is 5.69 Å². The summed E-state index contributed by atoms with van der Waals surface area (Å²) in [6.45, 7) is -9.93. The average molecular weight is 392 g/mol. The van der Waals surface area contributed by atoms with Crippen LogP contribution in [0.1, 0.15) is 122 Å². The SMILES string of the molecule is [2H]C([2H])([2H])C([2H])(c1cccc(C([2H])(C([2H])([2H])[2H])C([2H])([2H])[2H])c1[N+]1=[C-]C2(CC1(C)C)C1CC3CC(C1)CC2C3)C([2H])([2H])[2H]. The van der Waals surface area contributed by atoms with Gasteiger partial charge in [-0.1, -0.05) is 56.7 Å². The number of hydrogen-bond acceptors (Lipinski definition) is 0. The Hall–Kier alpha value is -1.11. The highest BCUT2D eigenvalue weighted by molar-refractivity contribution is 5.69. The molecule has 0 amide bonds. The summed E-state index contributed by atoms with van der Waals surface area (Å²) in [6, 6.07) is 3.48. The number of benzene rings is 1. The minimum atomic E-state index is -3.42. The van der Waals surface area contributed by atoms with Gasteiger partial charge in [-0.2, -0.15) is 0 Å². The molecule has 1 heterocycles. The molecular formula is C27H39N. The van der Waals surface area contributed by atoms with E-state index >= 15 is 0 Å². The summed E-state index contributed by atoms with van der Waals surface area (Å²) in [7, 11) is 0. The molecular weight excluding hydrogens is 338 g/mol. The van der Waals surface area contributed by atoms with Gasteiger partial charge in [-0.05, 0) is 86.8 Å². The quantitative estimate of drug-likeness (QED) is 0.380. The minimum Gasteiger partial charge on any atom is -0.359 e. The van der Waals surface area contributed by atoms with E-state index < -0.39 is 61.3 Å². The summed E-state index contributed by atoms with van der Waals surface area (Å²) < 4.78 is 118. The molecule has 0 atom stereocenters. The van der Waals surface area contributed by atoms with Gasteiger partial charge in [0.15, 0.2) is 0 Å². The fraction of sp³-hybridized carbons (Fsp3) is 0.741. The van der Waals surface area contributed by atoms with Gasteiger partial charge >= 0.3 is 0 Å². The van der Waals surface area contributed by atoms with Gasteiger partial charge in [-0.3, -0.25) is 0 Å². The molecule has 4 fully saturated rings. The van der Waals surface area contributed by atoms with Crippen LogP contribution in [0.5, 0.6) is 0 Å². The molecule has 4 saturated carbocycles. The fourth-order valence-corrected chi connectivity index (χ4v) is 7.24. The van der Waals surface area contributed by atoms with Crippen molar-refractivity contribution in [2.24, 2.45) is 29.1 Å². The van der Waals surface area contributed by atoms with Gasteiger partial charge < -0.3 is 4.58 Å². The van der Waals surface area contributed by atoms with Crippen LogP contribution in [0.15, 0.2) is 18.2 Å². The van der Waals surface area contributed by atoms with E-state index in [-0.39, 0.29) is 17.5 Å². The number of nitrogens with zero attached hydrogens (tertiary/aromatic N) is 1. The van der Waals surface area contributed by atoms with E-state index in [1.807, 2.05) is 13.8 Å². The maximum Gasteiger partial charge on any atom is 0.129 e. The van der Waals surface area contributed by atoms with Crippen molar-refractivity contribution in [3.05, 3.63) is 29.3 Å². The predicted molar refractivity (Wildman–Crippen MR) is 118 cm³/mol. The summed E-state index contributed by atoms with van der Waals surface area (Å²) >= 11 is 0. The van der Waals surface area contributed by atoms with Crippen LogP contribution in [0.25, 0.3) is 0 Å². The first-order valence-corrected chi connectivity index (χ1v) is 10.5. The lowest BCUT2D eigenvalue weighted by molar-refractivity contribution is -0.513. The maximum atomic E-state index is 9.08. The number of para-hydroxylation sites is 1. The lowest BCUT2D eigenvalue weighted by Crippen LogP contribution is -2.53. The Kier molecular flexibility index (Phi) is 1.98. The van der Waals surface area contributed by atoms with Crippen molar-refractivity contribution < 1.29 is 23.8 Å². The summed E-state index contributed by atoms with van der Waals surface area (Å²) in [5.74, 6) is -4.70. The number of rotatable bonds is 3. The fourth-order valence-electron chi connectivity index (χ4n) is 7.24. The molecule has 1 spiro atoms. The highest BCUT2D eigenvalue weighted by Gasteiger charge is 2.60. The monoisotopic (exact) mass is 391 g/mol. The molecule has 6 rings (SSSR count). The second kappa shape index (κ2) is 6.19. The summed E-state index contributed by atoms with van der Waals surface area (Å²) in [6.07, 6.45) is 9.45. The molecule has 1 heteroatoms. The molecule has 0 radical (unpaired) electrons. The molecule has 0 aromatic heterocycles. The predicted octanol–water partition coefficient (Wildman–Crippen LogP) is 7.15. The Balaban J connectivity index is 1.89. The van der Waals surface area contributed by atoms with Crippen LogP contribution in [0, 0.1) is 29.1 Å². The third-order valence-corrected chi connectivity index (χ3v) is 8.04. The summed E-state index contributed by atoms with van der Waals surface area (Å²) in [5, 5.41) is 0. The molecule has 1 aliphatic heterocycles. The van der Waals surface area contributed by atoms with Crippen LogP contribution in [-0.4, -0.2) is 16.3 Å². The zero-order valence-corrected chi connectivity index (χ0v) is 16.7. The Bertz CT molecular complexity index is 1170. The normalized spacial score (nSPS) is 48.0. The second-order valence-corrected chi connectivity index (χ2v) is 10.2. The molecule has 1 nitrogen and oxygen atoms in total. The van der Waals surface area contributed by atoms with E-state index in [1.54, 1.807) is 4.58 Å². The molecule has 0 N–H and O–H groups in total. The van der Waals surface area contributed by atoms with Crippen LogP contribution in [-0.2, 0) is 0 Å². The molecule has 28 heavy (non-hydrogen) atoms. The molecule has 1 aromatic rings. The Morgan fingerprint density at radius 2 is 1.50 bits per heavy atom. The van der Waals surface area contributed by atoms with Gasteiger partial charge in [0.2, 0.25) is 0 Å². The first-order chi connectivity index (χ1) is 18.8. The van der Waals surface area contributed by atoms with Crippen molar-refractivity contribution in [3.8, 4) is 0 Å². The highest BCUT2D eigenvalue weighted by atomic mass is 15.1. The standard InChI is InChI=1S/C27H39N/c1-17(2)23-8-7-9-24(18(3)4)25(23)28-16-27(15-26(28,5)6)21-11-19-10-20(13-21)14-22(27)12-19/h7-9,17-22H,10-15H2,1-6H3/i1D3,2D3,3D3,4D3,17D,18D. The molecule has 0 saturated heterocycles. The highest BCUT2D eigenvalue weighted by Crippen LogP contribution is 2.65. The largest absolute Gasteiger partial charge is 0.359 e. The second-order valence-electron chi connectivity index (χ2n) is 10.2. The van der Waals surface area contributed by atoms with Gasteiger partial charge in [-0.25, -0.2) is 0 Å². The molecule has 152 valence electrons. The van der Waals surface area contributed by atoms with Crippen LogP contribution < -0.4 is 0 Å². The van der Waals surface area contributed by atoms with Crippen molar-refractivity contribution >= 4 is 11.9 Å². The molecule has 4 aliphatic carbocycles. The Labute approximate surface area is 192 Å². The Morgan fingerprint density at radius 3 is 2.00 bits per heavy atom. The molecule has 1 aromatic carbocycles. The molecule has 4 bridgehead atoms. The van der Waals surface area contributed by atoms with Gasteiger partial charge in [0.25, 0.3) is 0 Å². The number of hydrogen-bond donors (Lipinski definition) is 0. The van der Waals surface area contributed by atoms with Crippen LogP contribution >= 0.6 is 0 Å². The minimum absolute atomic E-state index is 0.283. The van der Waals surface area contributed by atoms with Crippen molar-refractivity contribution in [1.82, 2.24) is 0 Å². The molecule has 0 unspecified atom stereocenters. The van der Waals surface area contributed by atoms with Crippen molar-refractivity contribution in [2.75, 3.05) is 0 Å². The topological polar surface area (TPSA) is 3.01 Å². The molecule has 5 aliphatic rings. The van der Waals surface area contributed by atoms with E-state index in [4.69, 9.17) is 19.2 Å². The lowest BCUT2D eigenvalue weighted by Gasteiger charge is -2.60. The van der Waals surface area contributed by atoms with Gasteiger partial charge in [0, 0.05) is 31.8 Å².